The van der Waals surface area contributed by atoms with Crippen molar-refractivity contribution in [1.29, 1.82) is 0 Å². The fourth-order valence-electron chi connectivity index (χ4n) is 2.37. The summed E-state index contributed by atoms with van der Waals surface area (Å²) >= 11 is 0. The predicted molar refractivity (Wildman–Crippen MR) is 89.0 cm³/mol. The van der Waals surface area contributed by atoms with E-state index in [-0.39, 0.29) is 0 Å². The highest BCUT2D eigenvalue weighted by atomic mass is 28.3. The van der Waals surface area contributed by atoms with Crippen molar-refractivity contribution >= 4 is 14.0 Å². The minimum Gasteiger partial charge on any atom is -0.234 e. The fraction of sp³-hybridized carbons (Fsp3) is 0.882. The van der Waals surface area contributed by atoms with Crippen molar-refractivity contribution < 1.29 is 4.79 Å². The molecule has 0 aromatic rings. The standard InChI is InChI=1S/C17H34OSi/c1-5-6-7-8-9-10-11-12-13-14-15-17(16-18)19(2,3)4/h5-15H2,1-4H3. The van der Waals surface area contributed by atoms with Gasteiger partial charge >= 0.3 is 0 Å². The second-order valence-corrected chi connectivity index (χ2v) is 11.9. The number of carbonyl (C=O) groups excluding carboxylic acids is 1. The first kappa shape index (κ1) is 18.7. The molecule has 0 aliphatic heterocycles. The van der Waals surface area contributed by atoms with Gasteiger partial charge in [0.1, 0.15) is 5.94 Å². The van der Waals surface area contributed by atoms with Crippen LogP contribution in [0.1, 0.15) is 77.6 Å². The molecule has 0 aliphatic rings. The number of hydrogen-bond donors (Lipinski definition) is 0. The van der Waals surface area contributed by atoms with Crippen molar-refractivity contribution in [2.75, 3.05) is 0 Å². The Morgan fingerprint density at radius 1 is 0.789 bits per heavy atom. The van der Waals surface area contributed by atoms with Gasteiger partial charge in [0.15, 0.2) is 0 Å². The quantitative estimate of drug-likeness (QED) is 0.246. The minimum atomic E-state index is -1.39. The summed E-state index contributed by atoms with van der Waals surface area (Å²) in [7, 11) is -1.39. The van der Waals surface area contributed by atoms with Gasteiger partial charge in [0.2, 0.25) is 0 Å². The van der Waals surface area contributed by atoms with Gasteiger partial charge in [-0.1, -0.05) is 84.4 Å². The zero-order chi connectivity index (χ0) is 14.6. The maximum absolute atomic E-state index is 10.9. The second kappa shape index (κ2) is 11.5. The van der Waals surface area contributed by atoms with Crippen LogP contribution in [0.2, 0.25) is 19.6 Å². The Kier molecular flexibility index (Phi) is 11.3. The SMILES string of the molecule is CCCCCCCCCCCCC(=C=O)[Si](C)(C)C. The molecule has 0 fully saturated rings. The van der Waals surface area contributed by atoms with Gasteiger partial charge in [-0.05, 0) is 18.0 Å². The zero-order valence-electron chi connectivity index (χ0n) is 13.7. The number of hydrogen-bond acceptors (Lipinski definition) is 1. The molecule has 0 atom stereocenters. The van der Waals surface area contributed by atoms with Crippen molar-refractivity contribution in [3.05, 3.63) is 5.20 Å². The summed E-state index contributed by atoms with van der Waals surface area (Å²) in [4.78, 5) is 10.9. The van der Waals surface area contributed by atoms with Crippen molar-refractivity contribution in [3.8, 4) is 0 Å². The summed E-state index contributed by atoms with van der Waals surface area (Å²) in [5.74, 6) is 2.20. The Morgan fingerprint density at radius 3 is 1.58 bits per heavy atom. The van der Waals surface area contributed by atoms with Crippen LogP contribution >= 0.6 is 0 Å². The van der Waals surface area contributed by atoms with Crippen LogP contribution in [-0.4, -0.2) is 14.0 Å². The van der Waals surface area contributed by atoms with Gasteiger partial charge in [0, 0.05) is 0 Å². The third-order valence-corrected chi connectivity index (χ3v) is 5.97. The third-order valence-electron chi connectivity index (χ3n) is 3.81. The lowest BCUT2D eigenvalue weighted by atomic mass is 10.1. The topological polar surface area (TPSA) is 17.1 Å². The Hall–Kier alpha value is -0.333. The maximum atomic E-state index is 10.9. The molecule has 0 heterocycles. The molecule has 0 rings (SSSR count). The molecule has 0 aromatic heterocycles. The summed E-state index contributed by atoms with van der Waals surface area (Å²) in [5.41, 5.74) is 0. The lowest BCUT2D eigenvalue weighted by molar-refractivity contribution is 0.554. The van der Waals surface area contributed by atoms with Crippen LogP contribution in [-0.2, 0) is 4.79 Å². The van der Waals surface area contributed by atoms with E-state index in [1.54, 1.807) is 0 Å². The molecule has 0 radical (unpaired) electrons. The summed E-state index contributed by atoms with van der Waals surface area (Å²) in [5, 5.41) is 1.09. The monoisotopic (exact) mass is 282 g/mol. The van der Waals surface area contributed by atoms with Crippen LogP contribution in [0.15, 0.2) is 5.20 Å². The zero-order valence-corrected chi connectivity index (χ0v) is 14.7. The summed E-state index contributed by atoms with van der Waals surface area (Å²) in [6.07, 6.45) is 14.6. The average Bonchev–Trinajstić information content (AvgIpc) is 2.34. The molecule has 0 aromatic carbocycles. The molecule has 0 aliphatic carbocycles. The first-order valence-electron chi connectivity index (χ1n) is 8.26. The van der Waals surface area contributed by atoms with E-state index in [0.29, 0.717) is 0 Å². The normalized spacial score (nSPS) is 11.4. The van der Waals surface area contributed by atoms with Crippen LogP contribution in [0.5, 0.6) is 0 Å². The molecule has 0 unspecified atom stereocenters. The number of rotatable bonds is 12. The molecule has 0 bridgehead atoms. The van der Waals surface area contributed by atoms with E-state index in [2.05, 4.69) is 32.5 Å². The van der Waals surface area contributed by atoms with E-state index in [1.165, 1.54) is 64.2 Å². The van der Waals surface area contributed by atoms with E-state index in [0.717, 1.165) is 11.6 Å². The van der Waals surface area contributed by atoms with Crippen LogP contribution in [0.25, 0.3) is 0 Å². The summed E-state index contributed by atoms with van der Waals surface area (Å²) < 4.78 is 0. The van der Waals surface area contributed by atoms with Crippen molar-refractivity contribution in [3.63, 3.8) is 0 Å². The Balaban J connectivity index is 3.39. The smallest absolute Gasteiger partial charge is 0.119 e. The molecule has 0 saturated carbocycles. The molecule has 112 valence electrons. The molecule has 1 nitrogen and oxygen atoms in total. The van der Waals surface area contributed by atoms with E-state index >= 15 is 0 Å². The molecule has 0 N–H and O–H groups in total. The predicted octanol–water partition coefficient (Wildman–Crippen LogP) is 5.93. The lowest BCUT2D eigenvalue weighted by Gasteiger charge is -2.16. The van der Waals surface area contributed by atoms with Crippen molar-refractivity contribution in [2.45, 2.75) is 97.2 Å². The van der Waals surface area contributed by atoms with Crippen LogP contribution in [0.4, 0.5) is 0 Å². The fourth-order valence-corrected chi connectivity index (χ4v) is 3.60. The molecular formula is C17H34OSi. The summed E-state index contributed by atoms with van der Waals surface area (Å²) in [6, 6.07) is 0. The molecule has 2 heteroatoms. The average molecular weight is 283 g/mol. The molecule has 19 heavy (non-hydrogen) atoms. The number of unbranched alkanes of at least 4 members (excludes halogenated alkanes) is 9. The van der Waals surface area contributed by atoms with Gasteiger partial charge < -0.3 is 0 Å². The highest BCUT2D eigenvalue weighted by molar-refractivity contribution is 6.84. The van der Waals surface area contributed by atoms with Gasteiger partial charge in [0.05, 0.1) is 8.07 Å². The Morgan fingerprint density at radius 2 is 1.21 bits per heavy atom. The van der Waals surface area contributed by atoms with E-state index in [4.69, 9.17) is 0 Å². The van der Waals surface area contributed by atoms with E-state index in [9.17, 15) is 4.79 Å². The van der Waals surface area contributed by atoms with Gasteiger partial charge in [-0.2, -0.15) is 0 Å². The lowest BCUT2D eigenvalue weighted by Crippen LogP contribution is -2.24. The summed E-state index contributed by atoms with van der Waals surface area (Å²) in [6.45, 7) is 8.99. The van der Waals surface area contributed by atoms with Gasteiger partial charge in [-0.25, -0.2) is 4.79 Å². The number of allylic oxidation sites excluding steroid dienone is 1. The van der Waals surface area contributed by atoms with Crippen LogP contribution < -0.4 is 0 Å². The second-order valence-electron chi connectivity index (χ2n) is 6.76. The van der Waals surface area contributed by atoms with Gasteiger partial charge in [-0.3, -0.25) is 0 Å². The first-order chi connectivity index (χ1) is 9.02. The van der Waals surface area contributed by atoms with Crippen molar-refractivity contribution in [1.82, 2.24) is 0 Å². The molecule has 0 spiro atoms. The molecule has 0 amide bonds. The maximum Gasteiger partial charge on any atom is 0.119 e. The van der Waals surface area contributed by atoms with Gasteiger partial charge in [-0.15, -0.1) is 0 Å². The Labute approximate surface area is 121 Å². The molecule has 0 saturated heterocycles. The third kappa shape index (κ3) is 11.2. The van der Waals surface area contributed by atoms with Gasteiger partial charge in [0.25, 0.3) is 0 Å². The van der Waals surface area contributed by atoms with E-state index in [1.807, 2.05) is 0 Å². The Bertz CT molecular complexity index is 259. The van der Waals surface area contributed by atoms with Crippen LogP contribution in [0.3, 0.4) is 0 Å². The largest absolute Gasteiger partial charge is 0.234 e. The molecular weight excluding hydrogens is 248 g/mol. The minimum absolute atomic E-state index is 0.996. The van der Waals surface area contributed by atoms with E-state index < -0.39 is 8.07 Å². The van der Waals surface area contributed by atoms with Crippen molar-refractivity contribution in [2.24, 2.45) is 0 Å². The van der Waals surface area contributed by atoms with Crippen LogP contribution in [0, 0.1) is 0 Å². The highest BCUT2D eigenvalue weighted by Crippen LogP contribution is 2.19. The first-order valence-corrected chi connectivity index (χ1v) is 11.8. The highest BCUT2D eigenvalue weighted by Gasteiger charge is 2.19.